The third-order valence-electron chi connectivity index (χ3n) is 4.07. The summed E-state index contributed by atoms with van der Waals surface area (Å²) in [6.07, 6.45) is 6.64. The van der Waals surface area contributed by atoms with Gasteiger partial charge in [0, 0.05) is 16.8 Å². The van der Waals surface area contributed by atoms with Gasteiger partial charge in [0.25, 0.3) is 0 Å². The van der Waals surface area contributed by atoms with Gasteiger partial charge >= 0.3 is 0 Å². The first-order chi connectivity index (χ1) is 9.66. The SMILES string of the molecule is CC(N)C(c1ccc(Cl)cc1)n1cnc2c1CCCC2. The van der Waals surface area contributed by atoms with Crippen LogP contribution in [-0.2, 0) is 12.8 Å². The van der Waals surface area contributed by atoms with Crippen LogP contribution in [0, 0.1) is 0 Å². The van der Waals surface area contributed by atoms with E-state index in [4.69, 9.17) is 17.3 Å². The van der Waals surface area contributed by atoms with E-state index >= 15 is 0 Å². The lowest BCUT2D eigenvalue weighted by Gasteiger charge is -2.26. The maximum absolute atomic E-state index is 6.25. The van der Waals surface area contributed by atoms with Crippen LogP contribution in [-0.4, -0.2) is 15.6 Å². The molecule has 1 aromatic carbocycles. The van der Waals surface area contributed by atoms with Gasteiger partial charge in [-0.2, -0.15) is 0 Å². The number of aromatic nitrogens is 2. The highest BCUT2D eigenvalue weighted by Gasteiger charge is 2.24. The molecule has 1 aliphatic carbocycles. The minimum Gasteiger partial charge on any atom is -0.326 e. The second-order valence-corrected chi connectivity index (χ2v) is 6.04. The van der Waals surface area contributed by atoms with Crippen molar-refractivity contribution in [2.24, 2.45) is 5.73 Å². The number of aryl methyl sites for hydroxylation is 1. The van der Waals surface area contributed by atoms with Crippen molar-refractivity contribution in [3.05, 3.63) is 52.6 Å². The number of benzene rings is 1. The molecule has 4 heteroatoms. The van der Waals surface area contributed by atoms with Crippen LogP contribution in [0.25, 0.3) is 0 Å². The van der Waals surface area contributed by atoms with Crippen molar-refractivity contribution in [3.63, 3.8) is 0 Å². The lowest BCUT2D eigenvalue weighted by Crippen LogP contribution is -2.31. The van der Waals surface area contributed by atoms with Gasteiger partial charge in [-0.3, -0.25) is 0 Å². The second kappa shape index (κ2) is 5.58. The average Bonchev–Trinajstić information content (AvgIpc) is 2.85. The number of fused-ring (bicyclic) bond motifs is 1. The highest BCUT2D eigenvalue weighted by atomic mass is 35.5. The highest BCUT2D eigenvalue weighted by Crippen LogP contribution is 2.28. The summed E-state index contributed by atoms with van der Waals surface area (Å²) in [5.74, 6) is 0. The predicted molar refractivity (Wildman–Crippen MR) is 82.1 cm³/mol. The molecule has 1 aliphatic rings. The van der Waals surface area contributed by atoms with Crippen molar-refractivity contribution in [3.8, 4) is 0 Å². The Morgan fingerprint density at radius 1 is 1.20 bits per heavy atom. The van der Waals surface area contributed by atoms with Gasteiger partial charge in [0.2, 0.25) is 0 Å². The van der Waals surface area contributed by atoms with E-state index in [1.54, 1.807) is 0 Å². The first kappa shape index (κ1) is 13.7. The molecule has 0 spiro atoms. The quantitative estimate of drug-likeness (QED) is 0.942. The fourth-order valence-electron chi connectivity index (χ4n) is 3.11. The molecular formula is C16H20ClN3. The summed E-state index contributed by atoms with van der Waals surface area (Å²) in [7, 11) is 0. The molecule has 20 heavy (non-hydrogen) atoms. The van der Waals surface area contributed by atoms with Crippen LogP contribution in [0.15, 0.2) is 30.6 Å². The molecule has 1 heterocycles. The Hall–Kier alpha value is -1.32. The summed E-state index contributed by atoms with van der Waals surface area (Å²) in [6, 6.07) is 8.13. The van der Waals surface area contributed by atoms with Crippen LogP contribution in [0.2, 0.25) is 5.02 Å². The lowest BCUT2D eigenvalue weighted by molar-refractivity contribution is 0.473. The van der Waals surface area contributed by atoms with E-state index in [2.05, 4.69) is 28.6 Å². The molecule has 3 nitrogen and oxygen atoms in total. The molecule has 0 aliphatic heterocycles. The summed E-state index contributed by atoms with van der Waals surface area (Å²) >= 11 is 5.99. The molecule has 0 saturated carbocycles. The van der Waals surface area contributed by atoms with Crippen molar-refractivity contribution in [2.75, 3.05) is 0 Å². The third kappa shape index (κ3) is 2.48. The molecular weight excluding hydrogens is 270 g/mol. The van der Waals surface area contributed by atoms with Crippen molar-refractivity contribution in [1.29, 1.82) is 0 Å². The van der Waals surface area contributed by atoms with Gasteiger partial charge in [0.05, 0.1) is 18.1 Å². The second-order valence-electron chi connectivity index (χ2n) is 5.61. The Morgan fingerprint density at radius 3 is 2.60 bits per heavy atom. The van der Waals surface area contributed by atoms with Gasteiger partial charge in [0.15, 0.2) is 0 Å². The zero-order chi connectivity index (χ0) is 14.1. The van der Waals surface area contributed by atoms with E-state index in [0.717, 1.165) is 17.9 Å². The molecule has 2 unspecified atom stereocenters. The zero-order valence-electron chi connectivity index (χ0n) is 11.7. The Labute approximate surface area is 124 Å². The number of halogens is 1. The number of nitrogens with two attached hydrogens (primary N) is 1. The summed E-state index contributed by atoms with van der Waals surface area (Å²) in [5.41, 5.74) is 10.0. The smallest absolute Gasteiger partial charge is 0.0957 e. The molecule has 0 amide bonds. The zero-order valence-corrected chi connectivity index (χ0v) is 12.5. The predicted octanol–water partition coefficient (Wildman–Crippen LogP) is 3.35. The normalized spacial score (nSPS) is 17.6. The van der Waals surface area contributed by atoms with Gasteiger partial charge < -0.3 is 10.3 Å². The van der Waals surface area contributed by atoms with E-state index in [9.17, 15) is 0 Å². The van der Waals surface area contributed by atoms with Gasteiger partial charge in [-0.25, -0.2) is 4.98 Å². The molecule has 2 aromatic rings. The van der Waals surface area contributed by atoms with Gasteiger partial charge in [-0.1, -0.05) is 23.7 Å². The average molecular weight is 290 g/mol. The number of hydrogen-bond donors (Lipinski definition) is 1. The van der Waals surface area contributed by atoms with Crippen molar-refractivity contribution in [2.45, 2.75) is 44.7 Å². The number of imidazole rings is 1. The minimum absolute atomic E-state index is 0.0244. The van der Waals surface area contributed by atoms with Gasteiger partial charge in [-0.05, 0) is 50.3 Å². The van der Waals surface area contributed by atoms with Crippen LogP contribution in [0.5, 0.6) is 0 Å². The maximum atomic E-state index is 6.25. The fraction of sp³-hybridized carbons (Fsp3) is 0.438. The van der Waals surface area contributed by atoms with Gasteiger partial charge in [-0.15, -0.1) is 0 Å². The lowest BCUT2D eigenvalue weighted by atomic mass is 9.97. The Balaban J connectivity index is 2.03. The van der Waals surface area contributed by atoms with Crippen LogP contribution in [0.3, 0.4) is 0 Å². The van der Waals surface area contributed by atoms with Crippen LogP contribution < -0.4 is 5.73 Å². The number of hydrogen-bond acceptors (Lipinski definition) is 2. The first-order valence-electron chi connectivity index (χ1n) is 7.22. The van der Waals surface area contributed by atoms with E-state index < -0.39 is 0 Å². The Morgan fingerprint density at radius 2 is 1.90 bits per heavy atom. The molecule has 2 atom stereocenters. The largest absolute Gasteiger partial charge is 0.326 e. The molecule has 0 saturated heterocycles. The maximum Gasteiger partial charge on any atom is 0.0957 e. The van der Waals surface area contributed by atoms with Crippen LogP contribution in [0.1, 0.15) is 42.8 Å². The fourth-order valence-corrected chi connectivity index (χ4v) is 3.24. The number of nitrogens with zero attached hydrogens (tertiary/aromatic N) is 2. The molecule has 106 valence electrons. The third-order valence-corrected chi connectivity index (χ3v) is 4.32. The standard InChI is InChI=1S/C16H20ClN3/c1-11(18)16(12-6-8-13(17)9-7-12)20-10-19-14-4-2-3-5-15(14)20/h6-11,16H,2-5,18H2,1H3. The molecule has 2 N–H and O–H groups in total. The molecule has 0 fully saturated rings. The van der Waals surface area contributed by atoms with Crippen LogP contribution >= 0.6 is 11.6 Å². The monoisotopic (exact) mass is 289 g/mol. The van der Waals surface area contributed by atoms with E-state index in [1.165, 1.54) is 29.8 Å². The summed E-state index contributed by atoms with van der Waals surface area (Å²) in [6.45, 7) is 2.05. The molecule has 1 aromatic heterocycles. The topological polar surface area (TPSA) is 43.8 Å². The summed E-state index contributed by atoms with van der Waals surface area (Å²) < 4.78 is 2.27. The minimum atomic E-state index is 0.0244. The Bertz CT molecular complexity index is 586. The van der Waals surface area contributed by atoms with Crippen molar-refractivity contribution in [1.82, 2.24) is 9.55 Å². The van der Waals surface area contributed by atoms with Crippen molar-refractivity contribution >= 4 is 11.6 Å². The van der Waals surface area contributed by atoms with Crippen LogP contribution in [0.4, 0.5) is 0 Å². The van der Waals surface area contributed by atoms with E-state index in [-0.39, 0.29) is 12.1 Å². The molecule has 3 rings (SSSR count). The van der Waals surface area contributed by atoms with E-state index in [1.807, 2.05) is 18.5 Å². The van der Waals surface area contributed by atoms with Gasteiger partial charge in [0.1, 0.15) is 0 Å². The first-order valence-corrected chi connectivity index (χ1v) is 7.60. The summed E-state index contributed by atoms with van der Waals surface area (Å²) in [4.78, 5) is 4.58. The van der Waals surface area contributed by atoms with E-state index in [0.29, 0.717) is 0 Å². The molecule has 0 bridgehead atoms. The number of rotatable bonds is 3. The van der Waals surface area contributed by atoms with Crippen molar-refractivity contribution < 1.29 is 0 Å². The molecule has 0 radical (unpaired) electrons. The summed E-state index contributed by atoms with van der Waals surface area (Å²) in [5, 5.41) is 0.754. The highest BCUT2D eigenvalue weighted by molar-refractivity contribution is 6.30. The Kier molecular flexibility index (Phi) is 3.81.